The van der Waals surface area contributed by atoms with E-state index in [9.17, 15) is 9.59 Å². The lowest BCUT2D eigenvalue weighted by Gasteiger charge is -2.41. The van der Waals surface area contributed by atoms with E-state index in [2.05, 4.69) is 35.7 Å². The van der Waals surface area contributed by atoms with E-state index < -0.39 is 5.41 Å². The molecule has 32 heavy (non-hydrogen) atoms. The summed E-state index contributed by atoms with van der Waals surface area (Å²) >= 11 is 1.70. The highest BCUT2D eigenvalue weighted by Gasteiger charge is 2.42. The molecule has 1 fully saturated rings. The molecular formula is C26H28N2O3S. The second-order valence-corrected chi connectivity index (χ2v) is 9.39. The number of carbonyl (C=O) groups is 2. The van der Waals surface area contributed by atoms with Crippen molar-refractivity contribution in [2.24, 2.45) is 11.1 Å². The molecule has 0 spiro atoms. The number of likely N-dealkylation sites (tertiary alicyclic amines) is 1. The average Bonchev–Trinajstić information content (AvgIpc) is 3.35. The summed E-state index contributed by atoms with van der Waals surface area (Å²) in [6.45, 7) is 1.01. The van der Waals surface area contributed by atoms with Crippen LogP contribution in [0.15, 0.2) is 66.0 Å². The molecule has 5 nitrogen and oxygen atoms in total. The number of nitrogens with zero attached hydrogens (tertiary/aromatic N) is 1. The van der Waals surface area contributed by atoms with E-state index in [1.54, 1.807) is 23.3 Å². The van der Waals surface area contributed by atoms with E-state index in [-0.39, 0.29) is 18.2 Å². The van der Waals surface area contributed by atoms with Gasteiger partial charge in [-0.2, -0.15) is 0 Å². The highest BCUT2D eigenvalue weighted by Crippen LogP contribution is 2.35. The standard InChI is InChI=1S/C26H28N2O3S/c1-31-22-6-2-5-20(15-22)16-24(29)28-13-4-12-26(18-28,25(27)30)17-19-8-10-21(11-9-19)23-7-3-14-32-23/h2-3,5-11,14-15H,4,12-13,16-18H2,1H3,(H2,27,30). The number of ether oxygens (including phenoxy) is 1. The van der Waals surface area contributed by atoms with Gasteiger partial charge in [0, 0.05) is 18.0 Å². The third-order valence-electron chi connectivity index (χ3n) is 6.24. The first-order valence-corrected chi connectivity index (χ1v) is 11.7. The van der Waals surface area contributed by atoms with Crippen LogP contribution in [0.1, 0.15) is 24.0 Å². The summed E-state index contributed by atoms with van der Waals surface area (Å²) in [4.78, 5) is 28.7. The van der Waals surface area contributed by atoms with Crippen molar-refractivity contribution >= 4 is 23.2 Å². The maximum absolute atomic E-state index is 13.0. The van der Waals surface area contributed by atoms with E-state index >= 15 is 0 Å². The number of nitrogens with two attached hydrogens (primary N) is 1. The Hall–Kier alpha value is -3.12. The monoisotopic (exact) mass is 448 g/mol. The quantitative estimate of drug-likeness (QED) is 0.586. The topological polar surface area (TPSA) is 72.6 Å². The normalized spacial score (nSPS) is 18.3. The maximum atomic E-state index is 13.0. The molecule has 1 unspecified atom stereocenters. The number of primary amides is 1. The van der Waals surface area contributed by atoms with Crippen LogP contribution in [0.5, 0.6) is 5.75 Å². The van der Waals surface area contributed by atoms with E-state index in [4.69, 9.17) is 10.5 Å². The van der Waals surface area contributed by atoms with Gasteiger partial charge < -0.3 is 15.4 Å². The molecule has 2 aromatic carbocycles. The molecule has 2 heterocycles. The molecular weight excluding hydrogens is 420 g/mol. The number of benzene rings is 2. The second kappa shape index (κ2) is 9.57. The lowest BCUT2D eigenvalue weighted by molar-refractivity contribution is -0.139. The van der Waals surface area contributed by atoms with Crippen molar-refractivity contribution in [3.63, 3.8) is 0 Å². The summed E-state index contributed by atoms with van der Waals surface area (Å²) in [6, 6.07) is 20.0. The number of amides is 2. The number of methoxy groups -OCH3 is 1. The third kappa shape index (κ3) is 4.86. The highest BCUT2D eigenvalue weighted by molar-refractivity contribution is 7.13. The molecule has 1 saturated heterocycles. The number of hydrogen-bond donors (Lipinski definition) is 1. The van der Waals surface area contributed by atoms with E-state index in [1.807, 2.05) is 30.3 Å². The van der Waals surface area contributed by atoms with Crippen molar-refractivity contribution in [1.82, 2.24) is 4.90 Å². The van der Waals surface area contributed by atoms with Crippen LogP contribution in [0.2, 0.25) is 0 Å². The van der Waals surface area contributed by atoms with Gasteiger partial charge >= 0.3 is 0 Å². The van der Waals surface area contributed by atoms with Gasteiger partial charge in [-0.1, -0.05) is 42.5 Å². The molecule has 0 radical (unpaired) electrons. The Balaban J connectivity index is 1.48. The van der Waals surface area contributed by atoms with Gasteiger partial charge in [0.15, 0.2) is 0 Å². The molecule has 3 aromatic rings. The molecule has 4 rings (SSSR count). The number of carbonyl (C=O) groups excluding carboxylic acids is 2. The van der Waals surface area contributed by atoms with Gasteiger partial charge in [-0.15, -0.1) is 11.3 Å². The van der Waals surface area contributed by atoms with Crippen LogP contribution in [0, 0.1) is 5.41 Å². The van der Waals surface area contributed by atoms with Crippen LogP contribution in [0.25, 0.3) is 10.4 Å². The van der Waals surface area contributed by atoms with Gasteiger partial charge in [-0.25, -0.2) is 0 Å². The van der Waals surface area contributed by atoms with Gasteiger partial charge in [-0.05, 0) is 59.5 Å². The number of hydrogen-bond acceptors (Lipinski definition) is 4. The summed E-state index contributed by atoms with van der Waals surface area (Å²) < 4.78 is 5.26. The van der Waals surface area contributed by atoms with Gasteiger partial charge in [0.2, 0.25) is 11.8 Å². The Labute approximate surface area is 192 Å². The van der Waals surface area contributed by atoms with Crippen molar-refractivity contribution in [3.8, 4) is 16.2 Å². The van der Waals surface area contributed by atoms with Crippen LogP contribution in [0.4, 0.5) is 0 Å². The molecule has 0 saturated carbocycles. The van der Waals surface area contributed by atoms with Gasteiger partial charge in [0.25, 0.3) is 0 Å². The minimum absolute atomic E-state index is 0.0108. The fourth-order valence-electron chi connectivity index (χ4n) is 4.47. The molecule has 6 heteroatoms. The number of thiophene rings is 1. The Morgan fingerprint density at radius 1 is 1.09 bits per heavy atom. The summed E-state index contributed by atoms with van der Waals surface area (Å²) in [6.07, 6.45) is 2.27. The summed E-state index contributed by atoms with van der Waals surface area (Å²) in [7, 11) is 1.61. The van der Waals surface area contributed by atoms with Crippen molar-refractivity contribution in [1.29, 1.82) is 0 Å². The molecule has 1 aromatic heterocycles. The number of rotatable bonds is 7. The van der Waals surface area contributed by atoms with E-state index in [0.717, 1.165) is 28.9 Å². The first kappa shape index (κ1) is 22.1. The smallest absolute Gasteiger partial charge is 0.227 e. The zero-order valence-corrected chi connectivity index (χ0v) is 19.1. The minimum Gasteiger partial charge on any atom is -0.497 e. The fraction of sp³-hybridized carbons (Fsp3) is 0.308. The molecule has 1 aliphatic heterocycles. The average molecular weight is 449 g/mol. The van der Waals surface area contributed by atoms with Crippen molar-refractivity contribution in [2.75, 3.05) is 20.2 Å². The molecule has 2 N–H and O–H groups in total. The molecule has 166 valence electrons. The van der Waals surface area contributed by atoms with Crippen molar-refractivity contribution in [2.45, 2.75) is 25.7 Å². The first-order chi connectivity index (χ1) is 15.5. The second-order valence-electron chi connectivity index (χ2n) is 8.44. The third-order valence-corrected chi connectivity index (χ3v) is 7.16. The van der Waals surface area contributed by atoms with Crippen LogP contribution in [0.3, 0.4) is 0 Å². The Morgan fingerprint density at radius 3 is 2.59 bits per heavy atom. The molecule has 0 bridgehead atoms. The fourth-order valence-corrected chi connectivity index (χ4v) is 5.20. The molecule has 2 amide bonds. The van der Waals surface area contributed by atoms with Crippen LogP contribution >= 0.6 is 11.3 Å². The zero-order chi connectivity index (χ0) is 22.6. The predicted octanol–water partition coefficient (Wildman–Crippen LogP) is 4.30. The van der Waals surface area contributed by atoms with E-state index in [0.29, 0.717) is 25.9 Å². The number of piperidine rings is 1. The Morgan fingerprint density at radius 2 is 1.91 bits per heavy atom. The van der Waals surface area contributed by atoms with Crippen LogP contribution < -0.4 is 10.5 Å². The highest BCUT2D eigenvalue weighted by atomic mass is 32.1. The molecule has 1 aliphatic rings. The van der Waals surface area contributed by atoms with Crippen molar-refractivity contribution < 1.29 is 14.3 Å². The lowest BCUT2D eigenvalue weighted by atomic mass is 9.74. The van der Waals surface area contributed by atoms with Crippen molar-refractivity contribution in [3.05, 3.63) is 77.2 Å². The van der Waals surface area contributed by atoms with Gasteiger partial charge in [-0.3, -0.25) is 9.59 Å². The summed E-state index contributed by atoms with van der Waals surface area (Å²) in [5.74, 6) is 0.404. The lowest BCUT2D eigenvalue weighted by Crippen LogP contribution is -2.53. The van der Waals surface area contributed by atoms with E-state index in [1.165, 1.54) is 4.88 Å². The zero-order valence-electron chi connectivity index (χ0n) is 18.3. The molecule has 1 atom stereocenters. The summed E-state index contributed by atoms with van der Waals surface area (Å²) in [5, 5.41) is 2.06. The Bertz CT molecular complexity index is 1080. The van der Waals surface area contributed by atoms with Gasteiger partial charge in [0.1, 0.15) is 5.75 Å². The largest absolute Gasteiger partial charge is 0.497 e. The Kier molecular flexibility index (Phi) is 6.61. The predicted molar refractivity (Wildman–Crippen MR) is 128 cm³/mol. The van der Waals surface area contributed by atoms with Crippen LogP contribution in [-0.4, -0.2) is 36.9 Å². The first-order valence-electron chi connectivity index (χ1n) is 10.8. The maximum Gasteiger partial charge on any atom is 0.227 e. The van der Waals surface area contributed by atoms with Crippen LogP contribution in [-0.2, 0) is 22.4 Å². The SMILES string of the molecule is COc1cccc(CC(=O)N2CCCC(Cc3ccc(-c4cccs4)cc3)(C(N)=O)C2)c1. The van der Waals surface area contributed by atoms with Gasteiger partial charge in [0.05, 0.1) is 18.9 Å². The molecule has 0 aliphatic carbocycles. The minimum atomic E-state index is -0.743. The summed E-state index contributed by atoms with van der Waals surface area (Å²) in [5.41, 5.74) is 8.30.